The first-order valence-corrected chi connectivity index (χ1v) is 8.24. The SMILES string of the molecule is Cc1cccc(-c2nnc(SCC(=O)c3cc(C)[nH]c3C)o2)c1. The predicted octanol–water partition coefficient (Wildman–Crippen LogP) is 3.96. The van der Waals surface area contributed by atoms with Gasteiger partial charge in [-0.15, -0.1) is 10.2 Å². The molecular formula is C17H17N3O2S. The van der Waals surface area contributed by atoms with Crippen LogP contribution in [-0.4, -0.2) is 26.7 Å². The van der Waals surface area contributed by atoms with E-state index < -0.39 is 0 Å². The molecule has 118 valence electrons. The van der Waals surface area contributed by atoms with Crippen LogP contribution in [0.1, 0.15) is 27.3 Å². The minimum Gasteiger partial charge on any atom is -0.411 e. The van der Waals surface area contributed by atoms with Crippen molar-refractivity contribution in [3.63, 3.8) is 0 Å². The van der Waals surface area contributed by atoms with Crippen LogP contribution in [0.4, 0.5) is 0 Å². The number of hydrogen-bond acceptors (Lipinski definition) is 5. The van der Waals surface area contributed by atoms with E-state index in [9.17, 15) is 4.79 Å². The van der Waals surface area contributed by atoms with Crippen LogP contribution < -0.4 is 0 Å². The third-order valence-electron chi connectivity index (χ3n) is 3.45. The highest BCUT2D eigenvalue weighted by Gasteiger charge is 2.15. The molecule has 0 radical (unpaired) electrons. The van der Waals surface area contributed by atoms with E-state index in [0.717, 1.165) is 22.5 Å². The lowest BCUT2D eigenvalue weighted by Crippen LogP contribution is -2.02. The first kappa shape index (κ1) is 15.6. The van der Waals surface area contributed by atoms with E-state index in [1.165, 1.54) is 11.8 Å². The van der Waals surface area contributed by atoms with E-state index >= 15 is 0 Å². The summed E-state index contributed by atoms with van der Waals surface area (Å²) in [4.78, 5) is 15.4. The van der Waals surface area contributed by atoms with Gasteiger partial charge in [-0.1, -0.05) is 29.5 Å². The van der Waals surface area contributed by atoms with Gasteiger partial charge in [0.05, 0.1) is 5.75 Å². The minimum absolute atomic E-state index is 0.0483. The van der Waals surface area contributed by atoms with Crippen molar-refractivity contribution in [3.05, 3.63) is 52.8 Å². The fraction of sp³-hybridized carbons (Fsp3) is 0.235. The largest absolute Gasteiger partial charge is 0.411 e. The highest BCUT2D eigenvalue weighted by atomic mass is 32.2. The molecule has 0 amide bonds. The molecule has 0 aliphatic rings. The summed E-state index contributed by atoms with van der Waals surface area (Å²) < 4.78 is 5.63. The van der Waals surface area contributed by atoms with Crippen LogP contribution in [0.15, 0.2) is 40.0 Å². The number of nitrogens with one attached hydrogen (secondary N) is 1. The molecular weight excluding hydrogens is 310 g/mol. The second-order valence-electron chi connectivity index (χ2n) is 5.45. The third-order valence-corrected chi connectivity index (χ3v) is 4.27. The van der Waals surface area contributed by atoms with Crippen LogP contribution in [0.3, 0.4) is 0 Å². The van der Waals surface area contributed by atoms with Gasteiger partial charge in [-0.25, -0.2) is 0 Å². The fourth-order valence-electron chi connectivity index (χ4n) is 2.38. The van der Waals surface area contributed by atoms with E-state index in [-0.39, 0.29) is 11.5 Å². The number of benzene rings is 1. The summed E-state index contributed by atoms with van der Waals surface area (Å²) in [6.45, 7) is 5.84. The maximum atomic E-state index is 12.2. The van der Waals surface area contributed by atoms with Crippen molar-refractivity contribution >= 4 is 17.5 Å². The van der Waals surface area contributed by atoms with E-state index in [1.807, 2.05) is 51.1 Å². The molecule has 2 aromatic heterocycles. The Hall–Kier alpha value is -2.34. The molecule has 2 heterocycles. The van der Waals surface area contributed by atoms with Crippen molar-refractivity contribution in [1.29, 1.82) is 0 Å². The standard InChI is InChI=1S/C17H17N3O2S/c1-10-5-4-6-13(7-10)16-19-20-17(22-16)23-9-15(21)14-8-11(2)18-12(14)3/h4-8,18H,9H2,1-3H3. The normalized spacial score (nSPS) is 10.9. The third kappa shape index (κ3) is 3.53. The Morgan fingerprint density at radius 1 is 1.22 bits per heavy atom. The first-order valence-electron chi connectivity index (χ1n) is 7.25. The molecule has 1 aromatic carbocycles. The topological polar surface area (TPSA) is 71.8 Å². The fourth-order valence-corrected chi connectivity index (χ4v) is 3.03. The molecule has 0 unspecified atom stereocenters. The summed E-state index contributed by atoms with van der Waals surface area (Å²) >= 11 is 1.26. The van der Waals surface area contributed by atoms with Crippen molar-refractivity contribution in [2.24, 2.45) is 0 Å². The van der Waals surface area contributed by atoms with Crippen LogP contribution in [0.5, 0.6) is 0 Å². The average Bonchev–Trinajstić information content (AvgIpc) is 3.11. The van der Waals surface area contributed by atoms with Crippen LogP contribution in [0.2, 0.25) is 0 Å². The Labute approximate surface area is 138 Å². The zero-order valence-corrected chi connectivity index (χ0v) is 14.0. The van der Waals surface area contributed by atoms with Gasteiger partial charge < -0.3 is 9.40 Å². The van der Waals surface area contributed by atoms with E-state index in [2.05, 4.69) is 15.2 Å². The number of rotatable bonds is 5. The lowest BCUT2D eigenvalue weighted by molar-refractivity contribution is 0.102. The number of aromatic amines is 1. The quantitative estimate of drug-likeness (QED) is 0.567. The number of carbonyl (C=O) groups is 1. The highest BCUT2D eigenvalue weighted by Crippen LogP contribution is 2.24. The summed E-state index contributed by atoms with van der Waals surface area (Å²) in [7, 11) is 0. The Morgan fingerprint density at radius 3 is 2.74 bits per heavy atom. The molecule has 3 rings (SSSR count). The number of thioether (sulfide) groups is 1. The monoisotopic (exact) mass is 327 g/mol. The average molecular weight is 327 g/mol. The zero-order chi connectivity index (χ0) is 16.4. The summed E-state index contributed by atoms with van der Waals surface area (Å²) in [5, 5.41) is 8.45. The number of nitrogens with zero attached hydrogens (tertiary/aromatic N) is 2. The van der Waals surface area contributed by atoms with Gasteiger partial charge in [-0.3, -0.25) is 4.79 Å². The van der Waals surface area contributed by atoms with Gasteiger partial charge in [0.15, 0.2) is 5.78 Å². The Bertz CT molecular complexity index is 851. The van der Waals surface area contributed by atoms with Gasteiger partial charge in [-0.2, -0.15) is 0 Å². The van der Waals surface area contributed by atoms with Crippen molar-refractivity contribution in [2.45, 2.75) is 26.0 Å². The molecule has 0 spiro atoms. The van der Waals surface area contributed by atoms with E-state index in [1.54, 1.807) is 0 Å². The smallest absolute Gasteiger partial charge is 0.277 e. The maximum Gasteiger partial charge on any atom is 0.277 e. The molecule has 23 heavy (non-hydrogen) atoms. The number of aryl methyl sites for hydroxylation is 3. The summed E-state index contributed by atoms with van der Waals surface area (Å²) in [5.41, 5.74) is 4.60. The van der Waals surface area contributed by atoms with Crippen LogP contribution in [0, 0.1) is 20.8 Å². The molecule has 0 saturated heterocycles. The number of ketones is 1. The lowest BCUT2D eigenvalue weighted by Gasteiger charge is -1.98. The summed E-state index contributed by atoms with van der Waals surface area (Å²) in [5.74, 6) is 0.789. The number of aromatic nitrogens is 3. The van der Waals surface area contributed by atoms with E-state index in [0.29, 0.717) is 16.7 Å². The second kappa shape index (κ2) is 6.42. The Morgan fingerprint density at radius 2 is 2.04 bits per heavy atom. The van der Waals surface area contributed by atoms with Gasteiger partial charge in [-0.05, 0) is 39.0 Å². The molecule has 1 N–H and O–H groups in total. The molecule has 0 bridgehead atoms. The van der Waals surface area contributed by atoms with Crippen LogP contribution in [0.25, 0.3) is 11.5 Å². The Kier molecular flexibility index (Phi) is 4.34. The zero-order valence-electron chi connectivity index (χ0n) is 13.2. The molecule has 0 fully saturated rings. The van der Waals surface area contributed by atoms with Crippen molar-refractivity contribution in [2.75, 3.05) is 5.75 Å². The summed E-state index contributed by atoms with van der Waals surface area (Å²) in [6, 6.07) is 9.73. The maximum absolute atomic E-state index is 12.2. The number of carbonyl (C=O) groups excluding carboxylic acids is 1. The molecule has 6 heteroatoms. The molecule has 0 atom stereocenters. The van der Waals surface area contributed by atoms with Gasteiger partial charge in [0.1, 0.15) is 0 Å². The number of H-pyrrole nitrogens is 1. The molecule has 0 saturated carbocycles. The van der Waals surface area contributed by atoms with Crippen molar-refractivity contribution < 1.29 is 9.21 Å². The molecule has 3 aromatic rings. The molecule has 0 aliphatic heterocycles. The van der Waals surface area contributed by atoms with Crippen molar-refractivity contribution in [3.8, 4) is 11.5 Å². The van der Waals surface area contributed by atoms with Gasteiger partial charge in [0.2, 0.25) is 5.89 Å². The highest BCUT2D eigenvalue weighted by molar-refractivity contribution is 7.99. The van der Waals surface area contributed by atoms with Crippen LogP contribution in [-0.2, 0) is 0 Å². The minimum atomic E-state index is 0.0483. The lowest BCUT2D eigenvalue weighted by atomic mass is 10.1. The number of hydrogen-bond donors (Lipinski definition) is 1. The Balaban J connectivity index is 1.68. The van der Waals surface area contributed by atoms with Gasteiger partial charge in [0.25, 0.3) is 5.22 Å². The number of Topliss-reactive ketones (excluding diaryl/α,β-unsaturated/α-hetero) is 1. The summed E-state index contributed by atoms with van der Waals surface area (Å²) in [6.07, 6.45) is 0. The van der Waals surface area contributed by atoms with Crippen LogP contribution >= 0.6 is 11.8 Å². The second-order valence-corrected chi connectivity index (χ2v) is 6.37. The van der Waals surface area contributed by atoms with Gasteiger partial charge >= 0.3 is 0 Å². The van der Waals surface area contributed by atoms with Crippen molar-refractivity contribution in [1.82, 2.24) is 15.2 Å². The first-order chi connectivity index (χ1) is 11.0. The predicted molar refractivity (Wildman–Crippen MR) is 89.8 cm³/mol. The molecule has 5 nitrogen and oxygen atoms in total. The molecule has 0 aliphatic carbocycles. The van der Waals surface area contributed by atoms with Gasteiger partial charge in [0, 0.05) is 22.5 Å². The van der Waals surface area contributed by atoms with E-state index in [4.69, 9.17) is 4.42 Å².